The minimum absolute atomic E-state index is 0.0946. The third-order valence-corrected chi connectivity index (χ3v) is 2.30. The molecule has 1 amide bonds. The SMILES string of the molecule is CC(=O)NCC(O)C(O)c1cccc(N)c1F. The average molecular weight is 242 g/mol. The van der Waals surface area contributed by atoms with Crippen molar-refractivity contribution in [2.45, 2.75) is 19.1 Å². The maximum absolute atomic E-state index is 13.5. The second-order valence-electron chi connectivity index (χ2n) is 3.70. The molecule has 94 valence electrons. The number of rotatable bonds is 4. The van der Waals surface area contributed by atoms with Gasteiger partial charge in [0.15, 0.2) is 5.82 Å². The van der Waals surface area contributed by atoms with E-state index in [4.69, 9.17) is 5.73 Å². The highest BCUT2D eigenvalue weighted by molar-refractivity contribution is 5.72. The molecule has 0 radical (unpaired) electrons. The van der Waals surface area contributed by atoms with Gasteiger partial charge < -0.3 is 21.3 Å². The predicted molar refractivity (Wildman–Crippen MR) is 60.5 cm³/mol. The molecule has 5 N–H and O–H groups in total. The monoisotopic (exact) mass is 242 g/mol. The van der Waals surface area contributed by atoms with Crippen molar-refractivity contribution in [2.75, 3.05) is 12.3 Å². The fourth-order valence-corrected chi connectivity index (χ4v) is 1.36. The number of amides is 1. The number of aliphatic hydroxyl groups is 2. The lowest BCUT2D eigenvalue weighted by molar-refractivity contribution is -0.119. The predicted octanol–water partition coefficient (Wildman–Crippen LogP) is -0.0617. The van der Waals surface area contributed by atoms with Crippen LogP contribution in [-0.4, -0.2) is 28.8 Å². The number of nitrogens with two attached hydrogens (primary N) is 1. The van der Waals surface area contributed by atoms with E-state index in [9.17, 15) is 19.4 Å². The summed E-state index contributed by atoms with van der Waals surface area (Å²) >= 11 is 0. The Hall–Kier alpha value is -1.66. The highest BCUT2D eigenvalue weighted by Crippen LogP contribution is 2.23. The van der Waals surface area contributed by atoms with E-state index in [-0.39, 0.29) is 23.7 Å². The van der Waals surface area contributed by atoms with E-state index in [0.29, 0.717) is 0 Å². The van der Waals surface area contributed by atoms with E-state index in [0.717, 1.165) is 0 Å². The van der Waals surface area contributed by atoms with Crippen LogP contribution >= 0.6 is 0 Å². The lowest BCUT2D eigenvalue weighted by Crippen LogP contribution is -2.34. The van der Waals surface area contributed by atoms with Crippen LogP contribution in [0.25, 0.3) is 0 Å². The van der Waals surface area contributed by atoms with E-state index < -0.39 is 18.0 Å². The van der Waals surface area contributed by atoms with Gasteiger partial charge in [0.1, 0.15) is 12.2 Å². The van der Waals surface area contributed by atoms with E-state index in [2.05, 4.69) is 5.32 Å². The topological polar surface area (TPSA) is 95.6 Å². The van der Waals surface area contributed by atoms with Gasteiger partial charge in [0.05, 0.1) is 5.69 Å². The summed E-state index contributed by atoms with van der Waals surface area (Å²) in [6, 6.07) is 4.15. The zero-order valence-electron chi connectivity index (χ0n) is 9.35. The van der Waals surface area contributed by atoms with Crippen molar-refractivity contribution in [3.8, 4) is 0 Å². The number of nitrogen functional groups attached to an aromatic ring is 1. The highest BCUT2D eigenvalue weighted by atomic mass is 19.1. The molecule has 1 rings (SSSR count). The van der Waals surface area contributed by atoms with Gasteiger partial charge in [0.2, 0.25) is 5.91 Å². The summed E-state index contributed by atoms with van der Waals surface area (Å²) in [6.45, 7) is 1.12. The molecule has 0 fully saturated rings. The van der Waals surface area contributed by atoms with Crippen LogP contribution in [0.3, 0.4) is 0 Å². The van der Waals surface area contributed by atoms with Crippen molar-refractivity contribution < 1.29 is 19.4 Å². The van der Waals surface area contributed by atoms with Crippen LogP contribution in [-0.2, 0) is 4.79 Å². The van der Waals surface area contributed by atoms with Crippen LogP contribution < -0.4 is 11.1 Å². The molecule has 0 saturated carbocycles. The largest absolute Gasteiger partial charge is 0.396 e. The number of carbonyl (C=O) groups is 1. The van der Waals surface area contributed by atoms with Gasteiger partial charge in [-0.05, 0) is 6.07 Å². The molecule has 6 heteroatoms. The maximum atomic E-state index is 13.5. The maximum Gasteiger partial charge on any atom is 0.216 e. The third-order valence-electron chi connectivity index (χ3n) is 2.30. The van der Waals surface area contributed by atoms with Gasteiger partial charge >= 0.3 is 0 Å². The summed E-state index contributed by atoms with van der Waals surface area (Å²) in [7, 11) is 0. The normalized spacial score (nSPS) is 14.1. The molecule has 0 heterocycles. The first kappa shape index (κ1) is 13.4. The number of carbonyl (C=O) groups excluding carboxylic acids is 1. The Morgan fingerprint density at radius 1 is 1.53 bits per heavy atom. The average Bonchev–Trinajstić information content (AvgIpc) is 2.28. The Kier molecular flexibility index (Phi) is 4.42. The van der Waals surface area contributed by atoms with E-state index in [1.54, 1.807) is 0 Å². The van der Waals surface area contributed by atoms with Gasteiger partial charge in [0, 0.05) is 19.0 Å². The zero-order valence-corrected chi connectivity index (χ0v) is 9.35. The minimum Gasteiger partial charge on any atom is -0.396 e. The van der Waals surface area contributed by atoms with Crippen LogP contribution in [0.4, 0.5) is 10.1 Å². The summed E-state index contributed by atoms with van der Waals surface area (Å²) in [5, 5.41) is 21.6. The second-order valence-corrected chi connectivity index (χ2v) is 3.70. The molecular formula is C11H15FN2O3. The van der Waals surface area contributed by atoms with Gasteiger partial charge in [-0.25, -0.2) is 4.39 Å². The third kappa shape index (κ3) is 3.40. The van der Waals surface area contributed by atoms with Crippen molar-refractivity contribution in [1.82, 2.24) is 5.32 Å². The molecule has 0 spiro atoms. The summed E-state index contributed by atoms with van der Waals surface area (Å²) in [5.74, 6) is -1.11. The molecule has 0 aliphatic rings. The number of nitrogens with one attached hydrogen (secondary N) is 1. The Morgan fingerprint density at radius 2 is 2.18 bits per heavy atom. The number of halogens is 1. The molecule has 0 aliphatic heterocycles. The lowest BCUT2D eigenvalue weighted by atomic mass is 10.0. The quantitative estimate of drug-likeness (QED) is 0.556. The number of aliphatic hydroxyl groups excluding tert-OH is 2. The van der Waals surface area contributed by atoms with Gasteiger partial charge in [-0.2, -0.15) is 0 Å². The molecule has 5 nitrogen and oxygen atoms in total. The van der Waals surface area contributed by atoms with E-state index in [1.165, 1.54) is 25.1 Å². The Balaban J connectivity index is 2.77. The van der Waals surface area contributed by atoms with E-state index >= 15 is 0 Å². The second kappa shape index (κ2) is 5.60. The number of benzene rings is 1. The first-order chi connectivity index (χ1) is 7.93. The van der Waals surface area contributed by atoms with Gasteiger partial charge in [0.25, 0.3) is 0 Å². The molecule has 0 bridgehead atoms. The van der Waals surface area contributed by atoms with Crippen molar-refractivity contribution >= 4 is 11.6 Å². The van der Waals surface area contributed by atoms with Crippen LogP contribution in [0.2, 0.25) is 0 Å². The Bertz CT molecular complexity index is 412. The first-order valence-electron chi connectivity index (χ1n) is 5.08. The molecule has 0 aromatic heterocycles. The van der Waals surface area contributed by atoms with Gasteiger partial charge in [-0.15, -0.1) is 0 Å². The fourth-order valence-electron chi connectivity index (χ4n) is 1.36. The smallest absolute Gasteiger partial charge is 0.216 e. The Labute approximate surface area is 98.1 Å². The lowest BCUT2D eigenvalue weighted by Gasteiger charge is -2.19. The molecular weight excluding hydrogens is 227 g/mol. The molecule has 1 aromatic rings. The number of anilines is 1. The summed E-state index contributed by atoms with van der Waals surface area (Å²) in [6.07, 6.45) is -2.74. The number of hydrogen-bond donors (Lipinski definition) is 4. The first-order valence-corrected chi connectivity index (χ1v) is 5.08. The Morgan fingerprint density at radius 3 is 2.76 bits per heavy atom. The number of hydrogen-bond acceptors (Lipinski definition) is 4. The van der Waals surface area contributed by atoms with Crippen LogP contribution in [0.15, 0.2) is 18.2 Å². The van der Waals surface area contributed by atoms with Crippen LogP contribution in [0.5, 0.6) is 0 Å². The molecule has 2 unspecified atom stereocenters. The molecule has 1 aromatic carbocycles. The van der Waals surface area contributed by atoms with Crippen molar-refractivity contribution in [1.29, 1.82) is 0 Å². The van der Waals surface area contributed by atoms with Gasteiger partial charge in [-0.3, -0.25) is 4.79 Å². The highest BCUT2D eigenvalue weighted by Gasteiger charge is 2.22. The van der Waals surface area contributed by atoms with E-state index in [1.807, 2.05) is 0 Å². The van der Waals surface area contributed by atoms with Gasteiger partial charge in [-0.1, -0.05) is 12.1 Å². The fraction of sp³-hybridized carbons (Fsp3) is 0.364. The van der Waals surface area contributed by atoms with Crippen LogP contribution in [0, 0.1) is 5.82 Å². The molecule has 2 atom stereocenters. The minimum atomic E-state index is -1.44. The molecule has 0 aliphatic carbocycles. The summed E-state index contributed by atoms with van der Waals surface area (Å²) in [5.41, 5.74) is 5.15. The van der Waals surface area contributed by atoms with Crippen molar-refractivity contribution in [3.05, 3.63) is 29.6 Å². The zero-order chi connectivity index (χ0) is 13.0. The standard InChI is InChI=1S/C11H15FN2O3/c1-6(15)14-5-9(16)11(17)7-3-2-4-8(13)10(7)12/h2-4,9,11,16-17H,5,13H2,1H3,(H,14,15). The molecule has 17 heavy (non-hydrogen) atoms. The van der Waals surface area contributed by atoms with Crippen molar-refractivity contribution in [2.24, 2.45) is 0 Å². The van der Waals surface area contributed by atoms with Crippen LogP contribution in [0.1, 0.15) is 18.6 Å². The van der Waals surface area contributed by atoms with Crippen molar-refractivity contribution in [3.63, 3.8) is 0 Å². The summed E-state index contributed by atoms with van der Waals surface area (Å²) in [4.78, 5) is 10.6. The molecule has 0 saturated heterocycles. The summed E-state index contributed by atoms with van der Waals surface area (Å²) < 4.78 is 13.5.